The molecule has 0 bridgehead atoms. The molecule has 2 heterocycles. The Morgan fingerprint density at radius 2 is 2.20 bits per heavy atom. The van der Waals surface area contributed by atoms with E-state index < -0.39 is 5.60 Å². The van der Waals surface area contributed by atoms with Gasteiger partial charge in [0.05, 0.1) is 11.7 Å². The van der Waals surface area contributed by atoms with Crippen molar-refractivity contribution in [3.63, 3.8) is 0 Å². The van der Waals surface area contributed by atoms with Crippen LogP contribution in [0, 0.1) is 5.92 Å². The molecule has 0 aromatic heterocycles. The smallest absolute Gasteiger partial charge is 0.317 e. The largest absolute Gasteiger partial charge is 0.389 e. The first-order valence-corrected chi connectivity index (χ1v) is 8.04. The van der Waals surface area contributed by atoms with Gasteiger partial charge in [-0.3, -0.25) is 0 Å². The van der Waals surface area contributed by atoms with E-state index in [9.17, 15) is 9.90 Å². The van der Waals surface area contributed by atoms with Gasteiger partial charge in [-0.05, 0) is 32.1 Å². The van der Waals surface area contributed by atoms with Crippen molar-refractivity contribution in [1.29, 1.82) is 0 Å². The quantitative estimate of drug-likeness (QED) is 0.807. The highest BCUT2D eigenvalue weighted by molar-refractivity contribution is 5.74. The number of nitrogens with one attached hydrogen (secondary N) is 1. The van der Waals surface area contributed by atoms with Gasteiger partial charge in [-0.1, -0.05) is 12.8 Å². The number of hydrogen-bond acceptors (Lipinski definition) is 3. The topological polar surface area (TPSA) is 61.8 Å². The number of amides is 2. The summed E-state index contributed by atoms with van der Waals surface area (Å²) in [5.74, 6) is 0.262. The van der Waals surface area contributed by atoms with Crippen LogP contribution < -0.4 is 5.32 Å². The number of urea groups is 1. The second-order valence-electron chi connectivity index (χ2n) is 6.56. The number of carbonyl (C=O) groups is 1. The summed E-state index contributed by atoms with van der Waals surface area (Å²) in [7, 11) is 0. The molecule has 2 amide bonds. The lowest BCUT2D eigenvalue weighted by molar-refractivity contribution is -0.0871. The third-order valence-corrected chi connectivity index (χ3v) is 5.22. The van der Waals surface area contributed by atoms with Crippen molar-refractivity contribution in [3.8, 4) is 0 Å². The van der Waals surface area contributed by atoms with Crippen molar-refractivity contribution in [2.45, 2.75) is 56.7 Å². The zero-order chi connectivity index (χ0) is 14.0. The van der Waals surface area contributed by atoms with Gasteiger partial charge in [0.25, 0.3) is 0 Å². The van der Waals surface area contributed by atoms with Gasteiger partial charge in [0.2, 0.25) is 0 Å². The minimum absolute atomic E-state index is 0.00752. The van der Waals surface area contributed by atoms with E-state index in [0.717, 1.165) is 45.1 Å². The van der Waals surface area contributed by atoms with Crippen LogP contribution >= 0.6 is 0 Å². The van der Waals surface area contributed by atoms with Crippen LogP contribution in [0.15, 0.2) is 0 Å². The molecular formula is C15H26N2O3. The first-order chi connectivity index (χ1) is 9.67. The van der Waals surface area contributed by atoms with Crippen LogP contribution in [0.2, 0.25) is 0 Å². The lowest BCUT2D eigenvalue weighted by Gasteiger charge is -2.47. The molecular weight excluding hydrogens is 256 g/mol. The summed E-state index contributed by atoms with van der Waals surface area (Å²) in [5.41, 5.74) is -0.510. The van der Waals surface area contributed by atoms with Crippen LogP contribution in [0.4, 0.5) is 4.79 Å². The summed E-state index contributed by atoms with van der Waals surface area (Å²) in [6.45, 7) is 2.81. The Balaban J connectivity index is 1.49. The third-order valence-electron chi connectivity index (χ3n) is 5.22. The number of carbonyl (C=O) groups excluding carboxylic acids is 1. The van der Waals surface area contributed by atoms with Gasteiger partial charge in [-0.15, -0.1) is 0 Å². The summed E-state index contributed by atoms with van der Waals surface area (Å²) in [4.78, 5) is 14.1. The number of hydrogen-bond donors (Lipinski definition) is 2. The van der Waals surface area contributed by atoms with Gasteiger partial charge < -0.3 is 20.1 Å². The predicted octanol–water partition coefficient (Wildman–Crippen LogP) is 1.50. The Hall–Kier alpha value is -0.810. The van der Waals surface area contributed by atoms with Gasteiger partial charge in [0, 0.05) is 32.2 Å². The molecule has 1 saturated carbocycles. The summed E-state index contributed by atoms with van der Waals surface area (Å²) in [5, 5.41) is 13.6. The van der Waals surface area contributed by atoms with E-state index in [1.165, 1.54) is 6.42 Å². The molecule has 0 spiro atoms. The van der Waals surface area contributed by atoms with Crippen LogP contribution in [0.1, 0.15) is 44.9 Å². The van der Waals surface area contributed by atoms with E-state index in [-0.39, 0.29) is 18.1 Å². The molecule has 2 aliphatic heterocycles. The average Bonchev–Trinajstić information content (AvgIpc) is 2.97. The van der Waals surface area contributed by atoms with Gasteiger partial charge in [0.15, 0.2) is 0 Å². The molecule has 2 N–H and O–H groups in total. The fourth-order valence-electron chi connectivity index (χ4n) is 3.87. The number of rotatable bonds is 2. The number of aliphatic hydroxyl groups is 1. The molecule has 3 rings (SSSR count). The molecule has 3 aliphatic rings. The predicted molar refractivity (Wildman–Crippen MR) is 75.5 cm³/mol. The van der Waals surface area contributed by atoms with E-state index in [0.29, 0.717) is 19.6 Å². The second-order valence-corrected chi connectivity index (χ2v) is 6.56. The van der Waals surface area contributed by atoms with Gasteiger partial charge in [-0.2, -0.15) is 0 Å². The van der Waals surface area contributed by atoms with Crippen molar-refractivity contribution in [3.05, 3.63) is 0 Å². The van der Waals surface area contributed by atoms with E-state index in [4.69, 9.17) is 4.74 Å². The molecule has 114 valence electrons. The van der Waals surface area contributed by atoms with Crippen molar-refractivity contribution in [2.24, 2.45) is 5.92 Å². The maximum atomic E-state index is 12.2. The highest BCUT2D eigenvalue weighted by Crippen LogP contribution is 2.39. The Bertz CT molecular complexity index is 357. The molecule has 2 saturated heterocycles. The van der Waals surface area contributed by atoms with Crippen molar-refractivity contribution >= 4 is 6.03 Å². The van der Waals surface area contributed by atoms with E-state index in [2.05, 4.69) is 5.32 Å². The highest BCUT2D eigenvalue weighted by Gasteiger charge is 2.43. The maximum absolute atomic E-state index is 12.2. The summed E-state index contributed by atoms with van der Waals surface area (Å²) in [6.07, 6.45) is 7.31. The first-order valence-electron chi connectivity index (χ1n) is 8.04. The molecule has 0 unspecified atom stereocenters. The van der Waals surface area contributed by atoms with Crippen molar-refractivity contribution in [1.82, 2.24) is 10.2 Å². The second kappa shape index (κ2) is 5.90. The molecule has 0 aromatic carbocycles. The van der Waals surface area contributed by atoms with E-state index in [1.807, 2.05) is 4.90 Å². The third kappa shape index (κ3) is 2.93. The van der Waals surface area contributed by atoms with Gasteiger partial charge >= 0.3 is 6.03 Å². The fraction of sp³-hybridized carbons (Fsp3) is 0.933. The lowest BCUT2D eigenvalue weighted by atomic mass is 9.71. The molecule has 5 heteroatoms. The summed E-state index contributed by atoms with van der Waals surface area (Å²) >= 11 is 0. The average molecular weight is 282 g/mol. The number of piperidine rings is 1. The van der Waals surface area contributed by atoms with Gasteiger partial charge in [0.1, 0.15) is 0 Å². The number of likely N-dealkylation sites (tertiary alicyclic amines) is 1. The summed E-state index contributed by atoms with van der Waals surface area (Å²) in [6, 6.07) is 0.00752. The van der Waals surface area contributed by atoms with Crippen LogP contribution in [0.3, 0.4) is 0 Å². The molecule has 5 nitrogen and oxygen atoms in total. The SMILES string of the molecule is O=C(NC[C@@H]1CCCO1)N1CC[C@]2(O)CCCC[C@H]2C1. The molecule has 1 aliphatic carbocycles. The molecule has 0 aromatic rings. The van der Waals surface area contributed by atoms with Crippen molar-refractivity contribution < 1.29 is 14.6 Å². The Morgan fingerprint density at radius 3 is 3.00 bits per heavy atom. The van der Waals surface area contributed by atoms with Crippen LogP contribution in [0.25, 0.3) is 0 Å². The molecule has 3 fully saturated rings. The Labute approximate surface area is 120 Å². The van der Waals surface area contributed by atoms with Gasteiger partial charge in [-0.25, -0.2) is 4.79 Å². The van der Waals surface area contributed by atoms with E-state index >= 15 is 0 Å². The number of fused-ring (bicyclic) bond motifs is 1. The van der Waals surface area contributed by atoms with Crippen LogP contribution in [-0.4, -0.2) is 54.0 Å². The normalized spacial score (nSPS) is 37.5. The minimum Gasteiger partial charge on any atom is -0.389 e. The maximum Gasteiger partial charge on any atom is 0.317 e. The monoisotopic (exact) mass is 282 g/mol. The molecule has 3 atom stereocenters. The van der Waals surface area contributed by atoms with Crippen LogP contribution in [-0.2, 0) is 4.74 Å². The summed E-state index contributed by atoms with van der Waals surface area (Å²) < 4.78 is 5.52. The minimum atomic E-state index is -0.510. The van der Waals surface area contributed by atoms with E-state index in [1.54, 1.807) is 0 Å². The lowest BCUT2D eigenvalue weighted by Crippen LogP contribution is -2.56. The zero-order valence-corrected chi connectivity index (χ0v) is 12.1. The highest BCUT2D eigenvalue weighted by atomic mass is 16.5. The molecule has 20 heavy (non-hydrogen) atoms. The first kappa shape index (κ1) is 14.1. The fourth-order valence-corrected chi connectivity index (χ4v) is 3.87. The van der Waals surface area contributed by atoms with Crippen LogP contribution in [0.5, 0.6) is 0 Å². The number of nitrogens with zero attached hydrogens (tertiary/aromatic N) is 1. The molecule has 0 radical (unpaired) electrons. The Kier molecular flexibility index (Phi) is 4.17. The number of ether oxygens (including phenoxy) is 1. The zero-order valence-electron chi connectivity index (χ0n) is 12.1. The standard InChI is InChI=1S/C15H26N2O3/c18-14(16-10-13-5-3-9-20-13)17-8-7-15(19)6-2-1-4-12(15)11-17/h12-13,19H,1-11H2,(H,16,18)/t12-,13-,15+/m0/s1. The Morgan fingerprint density at radius 1 is 1.30 bits per heavy atom. The van der Waals surface area contributed by atoms with Crippen molar-refractivity contribution in [2.75, 3.05) is 26.2 Å².